The molecule has 1 aliphatic carbocycles. The first-order valence-electron chi connectivity index (χ1n) is 6.20. The molecule has 0 amide bonds. The fourth-order valence-corrected chi connectivity index (χ4v) is 4.32. The smallest absolute Gasteiger partial charge is 0.244 e. The number of rotatable bonds is 4. The van der Waals surface area contributed by atoms with Crippen LogP contribution in [0, 0.1) is 13.8 Å². The zero-order valence-electron chi connectivity index (χ0n) is 10.8. The van der Waals surface area contributed by atoms with Crippen LogP contribution >= 0.6 is 0 Å². The fourth-order valence-electron chi connectivity index (χ4n) is 2.61. The Morgan fingerprint density at radius 2 is 2.00 bits per heavy atom. The van der Waals surface area contributed by atoms with Gasteiger partial charge in [-0.25, -0.2) is 13.1 Å². The number of nitrogens with two attached hydrogens (primary N) is 1. The molecule has 0 bridgehead atoms. The molecule has 0 radical (unpaired) electrons. The third-order valence-electron chi connectivity index (χ3n) is 3.59. The van der Waals surface area contributed by atoms with Crippen LogP contribution in [0.3, 0.4) is 0 Å². The van der Waals surface area contributed by atoms with Gasteiger partial charge in [0.15, 0.2) is 0 Å². The molecule has 1 aromatic heterocycles. The van der Waals surface area contributed by atoms with Crippen molar-refractivity contribution in [2.75, 3.05) is 6.54 Å². The second kappa shape index (κ2) is 4.68. The maximum absolute atomic E-state index is 12.4. The van der Waals surface area contributed by atoms with Crippen molar-refractivity contribution in [1.29, 1.82) is 0 Å². The quantitative estimate of drug-likeness (QED) is 0.868. The highest BCUT2D eigenvalue weighted by Crippen LogP contribution is 2.31. The van der Waals surface area contributed by atoms with Crippen LogP contribution in [0.15, 0.2) is 15.4 Å². The maximum atomic E-state index is 12.4. The van der Waals surface area contributed by atoms with Gasteiger partial charge in [-0.3, -0.25) is 0 Å². The predicted molar refractivity (Wildman–Crippen MR) is 68.8 cm³/mol. The van der Waals surface area contributed by atoms with Gasteiger partial charge in [-0.1, -0.05) is 12.8 Å². The molecule has 102 valence electrons. The Morgan fingerprint density at radius 3 is 2.44 bits per heavy atom. The van der Waals surface area contributed by atoms with Gasteiger partial charge in [0.25, 0.3) is 0 Å². The lowest BCUT2D eigenvalue weighted by Crippen LogP contribution is -2.51. The summed E-state index contributed by atoms with van der Waals surface area (Å²) in [5.74, 6) is 1.02. The Kier molecular flexibility index (Phi) is 3.53. The Balaban J connectivity index is 2.29. The van der Waals surface area contributed by atoms with Crippen molar-refractivity contribution >= 4 is 10.0 Å². The zero-order valence-corrected chi connectivity index (χ0v) is 11.6. The first-order valence-corrected chi connectivity index (χ1v) is 7.68. The molecular weight excluding hydrogens is 252 g/mol. The normalized spacial score (nSPS) is 19.3. The van der Waals surface area contributed by atoms with E-state index in [1.54, 1.807) is 19.9 Å². The Bertz CT molecular complexity index is 528. The van der Waals surface area contributed by atoms with E-state index in [2.05, 4.69) is 4.72 Å². The zero-order chi connectivity index (χ0) is 13.4. The molecule has 0 spiro atoms. The largest absolute Gasteiger partial charge is 0.465 e. The Labute approximate surface area is 108 Å². The topological polar surface area (TPSA) is 85.3 Å². The van der Waals surface area contributed by atoms with Gasteiger partial charge in [0.05, 0.1) is 0 Å². The van der Waals surface area contributed by atoms with Crippen LogP contribution in [0.1, 0.15) is 37.2 Å². The van der Waals surface area contributed by atoms with E-state index in [1.807, 2.05) is 0 Å². The molecule has 1 aliphatic rings. The molecule has 5 nitrogen and oxygen atoms in total. The standard InChI is InChI=1S/C12H20N2O3S/c1-9-7-11(10(2)17-9)18(15,16)14-12(8-13)5-3-4-6-12/h7,14H,3-6,8,13H2,1-2H3. The van der Waals surface area contributed by atoms with Gasteiger partial charge >= 0.3 is 0 Å². The second-order valence-electron chi connectivity index (χ2n) is 5.07. The molecule has 0 atom stereocenters. The molecule has 0 aliphatic heterocycles. The van der Waals surface area contributed by atoms with Gasteiger partial charge in [0.2, 0.25) is 10.0 Å². The third-order valence-corrected chi connectivity index (χ3v) is 5.27. The minimum absolute atomic E-state index is 0.222. The van der Waals surface area contributed by atoms with E-state index in [4.69, 9.17) is 10.2 Å². The minimum atomic E-state index is -3.55. The van der Waals surface area contributed by atoms with Crippen LogP contribution in [0.2, 0.25) is 0 Å². The highest BCUT2D eigenvalue weighted by Gasteiger charge is 2.37. The predicted octanol–water partition coefficient (Wildman–Crippen LogP) is 1.45. The molecule has 1 heterocycles. The lowest BCUT2D eigenvalue weighted by molar-refractivity contribution is 0.398. The number of aryl methyl sites for hydroxylation is 2. The van der Waals surface area contributed by atoms with Crippen molar-refractivity contribution in [3.05, 3.63) is 17.6 Å². The lowest BCUT2D eigenvalue weighted by Gasteiger charge is -2.28. The molecule has 0 aromatic carbocycles. The van der Waals surface area contributed by atoms with E-state index in [0.29, 0.717) is 18.1 Å². The lowest BCUT2D eigenvalue weighted by atomic mass is 10.0. The molecule has 3 N–H and O–H groups in total. The van der Waals surface area contributed by atoms with Gasteiger partial charge in [0, 0.05) is 12.1 Å². The first kappa shape index (κ1) is 13.6. The SMILES string of the molecule is Cc1cc(S(=O)(=O)NC2(CN)CCCC2)c(C)o1. The molecule has 1 aromatic rings. The number of sulfonamides is 1. The summed E-state index contributed by atoms with van der Waals surface area (Å²) >= 11 is 0. The van der Waals surface area contributed by atoms with Gasteiger partial charge in [-0.15, -0.1) is 0 Å². The van der Waals surface area contributed by atoms with Crippen molar-refractivity contribution in [3.8, 4) is 0 Å². The summed E-state index contributed by atoms with van der Waals surface area (Å²) < 4.78 is 32.8. The maximum Gasteiger partial charge on any atom is 0.244 e. The molecule has 18 heavy (non-hydrogen) atoms. The van der Waals surface area contributed by atoms with Crippen LogP contribution in [0.4, 0.5) is 0 Å². The summed E-state index contributed by atoms with van der Waals surface area (Å²) in [4.78, 5) is 0.222. The summed E-state index contributed by atoms with van der Waals surface area (Å²) in [6.07, 6.45) is 3.64. The summed E-state index contributed by atoms with van der Waals surface area (Å²) in [5.41, 5.74) is 5.27. The number of nitrogens with one attached hydrogen (secondary N) is 1. The molecule has 0 unspecified atom stereocenters. The van der Waals surface area contributed by atoms with Gasteiger partial charge < -0.3 is 10.2 Å². The molecule has 1 saturated carbocycles. The van der Waals surface area contributed by atoms with Gasteiger partial charge in [0.1, 0.15) is 16.4 Å². The summed E-state index contributed by atoms with van der Waals surface area (Å²) in [6.45, 7) is 3.73. The van der Waals surface area contributed by atoms with Gasteiger partial charge in [-0.2, -0.15) is 0 Å². The van der Waals surface area contributed by atoms with Crippen LogP contribution in [-0.4, -0.2) is 20.5 Å². The first-order chi connectivity index (χ1) is 8.38. The summed E-state index contributed by atoms with van der Waals surface area (Å²) in [5, 5.41) is 0. The molecular formula is C12H20N2O3S. The van der Waals surface area contributed by atoms with Crippen molar-refractivity contribution in [2.45, 2.75) is 50.0 Å². The van der Waals surface area contributed by atoms with Crippen LogP contribution in [0.5, 0.6) is 0 Å². The van der Waals surface area contributed by atoms with Crippen LogP contribution in [0.25, 0.3) is 0 Å². The fraction of sp³-hybridized carbons (Fsp3) is 0.667. The number of hydrogen-bond acceptors (Lipinski definition) is 4. The average molecular weight is 272 g/mol. The molecule has 2 rings (SSSR count). The van der Waals surface area contributed by atoms with E-state index in [0.717, 1.165) is 25.7 Å². The number of hydrogen-bond donors (Lipinski definition) is 2. The number of furan rings is 1. The van der Waals surface area contributed by atoms with Crippen LogP contribution < -0.4 is 10.5 Å². The van der Waals surface area contributed by atoms with Gasteiger partial charge in [-0.05, 0) is 32.8 Å². The van der Waals surface area contributed by atoms with E-state index in [1.165, 1.54) is 0 Å². The minimum Gasteiger partial charge on any atom is -0.465 e. The molecule has 1 fully saturated rings. The highest BCUT2D eigenvalue weighted by molar-refractivity contribution is 7.89. The summed E-state index contributed by atoms with van der Waals surface area (Å²) in [6, 6.07) is 1.55. The Hall–Kier alpha value is -0.850. The van der Waals surface area contributed by atoms with E-state index in [-0.39, 0.29) is 4.90 Å². The van der Waals surface area contributed by atoms with E-state index in [9.17, 15) is 8.42 Å². The average Bonchev–Trinajstić information content (AvgIpc) is 2.86. The highest BCUT2D eigenvalue weighted by atomic mass is 32.2. The van der Waals surface area contributed by atoms with Crippen molar-refractivity contribution in [2.24, 2.45) is 5.73 Å². The van der Waals surface area contributed by atoms with Crippen molar-refractivity contribution in [1.82, 2.24) is 4.72 Å². The summed E-state index contributed by atoms with van der Waals surface area (Å²) in [7, 11) is -3.55. The molecule has 0 saturated heterocycles. The van der Waals surface area contributed by atoms with Crippen molar-refractivity contribution in [3.63, 3.8) is 0 Å². The molecule has 6 heteroatoms. The van der Waals surface area contributed by atoms with E-state index < -0.39 is 15.6 Å². The second-order valence-corrected chi connectivity index (χ2v) is 6.73. The van der Waals surface area contributed by atoms with Crippen LogP contribution in [-0.2, 0) is 10.0 Å². The van der Waals surface area contributed by atoms with Crippen molar-refractivity contribution < 1.29 is 12.8 Å². The monoisotopic (exact) mass is 272 g/mol. The van der Waals surface area contributed by atoms with E-state index >= 15 is 0 Å². The Morgan fingerprint density at radius 1 is 1.39 bits per heavy atom. The third kappa shape index (κ3) is 2.46.